The van der Waals surface area contributed by atoms with E-state index in [0.717, 1.165) is 25.6 Å². The van der Waals surface area contributed by atoms with E-state index >= 15 is 0 Å². The molecule has 0 amide bonds. The van der Waals surface area contributed by atoms with Crippen LogP contribution in [0, 0.1) is 17.6 Å². The Labute approximate surface area is 118 Å². The summed E-state index contributed by atoms with van der Waals surface area (Å²) in [7, 11) is 0. The molecular formula is C15H22F2N2O. The lowest BCUT2D eigenvalue weighted by Gasteiger charge is -2.38. The molecule has 0 saturated carbocycles. The van der Waals surface area contributed by atoms with Gasteiger partial charge < -0.3 is 15.3 Å². The van der Waals surface area contributed by atoms with Gasteiger partial charge >= 0.3 is 0 Å². The fourth-order valence-electron chi connectivity index (χ4n) is 2.82. The fraction of sp³-hybridized carbons (Fsp3) is 0.600. The molecule has 20 heavy (non-hydrogen) atoms. The number of hydrogen-bond acceptors (Lipinski definition) is 3. The number of nitrogens with zero attached hydrogens (tertiary/aromatic N) is 1. The molecular weight excluding hydrogens is 262 g/mol. The Bertz CT molecular complexity index is 442. The lowest BCUT2D eigenvalue weighted by molar-refractivity contribution is 0.276. The van der Waals surface area contributed by atoms with Crippen molar-refractivity contribution in [2.75, 3.05) is 31.1 Å². The highest BCUT2D eigenvalue weighted by molar-refractivity contribution is 5.48. The van der Waals surface area contributed by atoms with E-state index in [0.29, 0.717) is 24.6 Å². The highest BCUT2D eigenvalue weighted by atomic mass is 19.2. The van der Waals surface area contributed by atoms with Gasteiger partial charge in [-0.2, -0.15) is 0 Å². The number of halogens is 2. The van der Waals surface area contributed by atoms with Crippen molar-refractivity contribution in [1.82, 2.24) is 5.32 Å². The third-order valence-corrected chi connectivity index (χ3v) is 3.70. The van der Waals surface area contributed by atoms with Crippen molar-refractivity contribution >= 4 is 5.69 Å². The van der Waals surface area contributed by atoms with Crippen molar-refractivity contribution in [3.05, 3.63) is 29.8 Å². The van der Waals surface area contributed by atoms with Crippen LogP contribution in [-0.4, -0.2) is 37.4 Å². The number of nitrogens with one attached hydrogen (secondary N) is 1. The maximum absolute atomic E-state index is 13.9. The molecule has 1 aliphatic rings. The van der Waals surface area contributed by atoms with E-state index in [1.54, 1.807) is 12.1 Å². The summed E-state index contributed by atoms with van der Waals surface area (Å²) in [6, 6.07) is 4.55. The molecule has 2 atom stereocenters. The zero-order chi connectivity index (χ0) is 14.5. The van der Waals surface area contributed by atoms with Gasteiger partial charge in [-0.1, -0.05) is 13.0 Å². The minimum absolute atomic E-state index is 0.164. The molecule has 1 saturated heterocycles. The van der Waals surface area contributed by atoms with Crippen molar-refractivity contribution in [3.8, 4) is 0 Å². The molecule has 0 radical (unpaired) electrons. The van der Waals surface area contributed by atoms with Gasteiger partial charge in [-0.3, -0.25) is 0 Å². The van der Waals surface area contributed by atoms with Crippen LogP contribution in [0.25, 0.3) is 0 Å². The molecule has 1 aromatic rings. The summed E-state index contributed by atoms with van der Waals surface area (Å²) in [6.45, 7) is 4.42. The summed E-state index contributed by atoms with van der Waals surface area (Å²) in [4.78, 5) is 1.91. The highest BCUT2D eigenvalue weighted by Crippen LogP contribution is 2.26. The van der Waals surface area contributed by atoms with Gasteiger partial charge in [-0.15, -0.1) is 0 Å². The second kappa shape index (κ2) is 6.99. The van der Waals surface area contributed by atoms with E-state index in [1.165, 1.54) is 0 Å². The Kier molecular flexibility index (Phi) is 5.31. The Balaban J connectivity index is 2.05. The summed E-state index contributed by atoms with van der Waals surface area (Å²) in [5.41, 5.74) is 0.338. The molecule has 2 N–H and O–H groups in total. The van der Waals surface area contributed by atoms with Crippen molar-refractivity contribution in [1.29, 1.82) is 0 Å². The van der Waals surface area contributed by atoms with Crippen LogP contribution in [0.5, 0.6) is 0 Å². The average molecular weight is 284 g/mol. The number of hydrogen-bond donors (Lipinski definition) is 2. The van der Waals surface area contributed by atoms with Gasteiger partial charge in [0.25, 0.3) is 0 Å². The minimum Gasteiger partial charge on any atom is -0.396 e. The first kappa shape index (κ1) is 15.2. The minimum atomic E-state index is -0.800. The lowest BCUT2D eigenvalue weighted by atomic mass is 9.95. The van der Waals surface area contributed by atoms with Crippen LogP contribution in [0.3, 0.4) is 0 Å². The summed E-state index contributed by atoms with van der Waals surface area (Å²) in [6.07, 6.45) is 1.72. The Morgan fingerprint density at radius 1 is 1.35 bits per heavy atom. The highest BCUT2D eigenvalue weighted by Gasteiger charge is 2.26. The quantitative estimate of drug-likeness (QED) is 0.813. The largest absolute Gasteiger partial charge is 0.396 e. The monoisotopic (exact) mass is 284 g/mol. The average Bonchev–Trinajstić information content (AvgIpc) is 2.41. The molecule has 112 valence electrons. The van der Waals surface area contributed by atoms with E-state index in [9.17, 15) is 8.78 Å². The van der Waals surface area contributed by atoms with Crippen molar-refractivity contribution in [2.45, 2.75) is 25.8 Å². The maximum atomic E-state index is 13.9. The third kappa shape index (κ3) is 3.67. The molecule has 0 aromatic heterocycles. The molecule has 1 fully saturated rings. The van der Waals surface area contributed by atoms with Gasteiger partial charge in [0.15, 0.2) is 11.6 Å². The Morgan fingerprint density at radius 3 is 2.90 bits per heavy atom. The SMILES string of the molecule is CC1CC(NCCCO)CN(c2cccc(F)c2F)C1. The van der Waals surface area contributed by atoms with Gasteiger partial charge in [0.2, 0.25) is 0 Å². The van der Waals surface area contributed by atoms with E-state index in [4.69, 9.17) is 5.11 Å². The summed E-state index contributed by atoms with van der Waals surface area (Å²) in [5.74, 6) is -1.15. The van der Waals surface area contributed by atoms with Gasteiger partial charge in [0.05, 0.1) is 5.69 Å². The van der Waals surface area contributed by atoms with Crippen LogP contribution in [0.1, 0.15) is 19.8 Å². The number of rotatable bonds is 5. The van der Waals surface area contributed by atoms with Crippen LogP contribution < -0.4 is 10.2 Å². The van der Waals surface area contributed by atoms with Gasteiger partial charge in [0, 0.05) is 25.7 Å². The van der Waals surface area contributed by atoms with Crippen LogP contribution in [0.2, 0.25) is 0 Å². The van der Waals surface area contributed by atoms with Crippen LogP contribution in [-0.2, 0) is 0 Å². The van der Waals surface area contributed by atoms with Gasteiger partial charge in [-0.25, -0.2) is 8.78 Å². The lowest BCUT2D eigenvalue weighted by Crippen LogP contribution is -2.49. The first-order valence-electron chi connectivity index (χ1n) is 7.15. The predicted octanol–water partition coefficient (Wildman–Crippen LogP) is 2.15. The Hall–Kier alpha value is -1.20. The van der Waals surface area contributed by atoms with E-state index in [-0.39, 0.29) is 12.6 Å². The molecule has 0 spiro atoms. The maximum Gasteiger partial charge on any atom is 0.182 e. The molecule has 1 aliphatic heterocycles. The third-order valence-electron chi connectivity index (χ3n) is 3.70. The van der Waals surface area contributed by atoms with E-state index < -0.39 is 11.6 Å². The molecule has 2 rings (SSSR count). The number of anilines is 1. The van der Waals surface area contributed by atoms with Crippen molar-refractivity contribution in [2.24, 2.45) is 5.92 Å². The topological polar surface area (TPSA) is 35.5 Å². The van der Waals surface area contributed by atoms with E-state index in [1.807, 2.05) is 4.90 Å². The standard InChI is InChI=1S/C15H22F2N2O/c1-11-8-12(18-6-3-7-20)10-19(9-11)14-5-2-4-13(16)15(14)17/h2,4-5,11-12,18,20H,3,6-10H2,1H3. The van der Waals surface area contributed by atoms with Gasteiger partial charge in [-0.05, 0) is 37.4 Å². The Morgan fingerprint density at radius 2 is 2.15 bits per heavy atom. The second-order valence-corrected chi connectivity index (χ2v) is 5.55. The first-order chi connectivity index (χ1) is 9.61. The number of aliphatic hydroxyl groups excluding tert-OH is 1. The van der Waals surface area contributed by atoms with Crippen molar-refractivity contribution < 1.29 is 13.9 Å². The normalized spacial score (nSPS) is 23.1. The molecule has 0 aliphatic carbocycles. The number of piperidine rings is 1. The second-order valence-electron chi connectivity index (χ2n) is 5.55. The van der Waals surface area contributed by atoms with Crippen LogP contribution in [0.15, 0.2) is 18.2 Å². The molecule has 3 nitrogen and oxygen atoms in total. The summed E-state index contributed by atoms with van der Waals surface area (Å²) >= 11 is 0. The molecule has 1 heterocycles. The predicted molar refractivity (Wildman–Crippen MR) is 75.8 cm³/mol. The molecule has 0 bridgehead atoms. The van der Waals surface area contributed by atoms with E-state index in [2.05, 4.69) is 12.2 Å². The zero-order valence-corrected chi connectivity index (χ0v) is 11.8. The summed E-state index contributed by atoms with van der Waals surface area (Å²) in [5, 5.41) is 12.2. The summed E-state index contributed by atoms with van der Waals surface area (Å²) < 4.78 is 27.2. The fourth-order valence-corrected chi connectivity index (χ4v) is 2.82. The number of aliphatic hydroxyl groups is 1. The van der Waals surface area contributed by atoms with Gasteiger partial charge in [0.1, 0.15) is 0 Å². The number of benzene rings is 1. The van der Waals surface area contributed by atoms with Crippen molar-refractivity contribution in [3.63, 3.8) is 0 Å². The van der Waals surface area contributed by atoms with Crippen LogP contribution in [0.4, 0.5) is 14.5 Å². The smallest absolute Gasteiger partial charge is 0.182 e. The molecule has 2 unspecified atom stereocenters. The first-order valence-corrected chi connectivity index (χ1v) is 7.15. The zero-order valence-electron chi connectivity index (χ0n) is 11.8. The van der Waals surface area contributed by atoms with Crippen LogP contribution >= 0.6 is 0 Å². The molecule has 1 aromatic carbocycles. The molecule has 5 heteroatoms.